The highest BCUT2D eigenvalue weighted by atomic mass is 35.5. The molecule has 0 radical (unpaired) electrons. The summed E-state index contributed by atoms with van der Waals surface area (Å²) in [7, 11) is -3.41. The topological polar surface area (TPSA) is 240 Å². The van der Waals surface area contributed by atoms with Crippen molar-refractivity contribution in [1.82, 2.24) is 56.9 Å². The number of halogens is 5. The first-order valence-corrected chi connectivity index (χ1v) is 55.3. The van der Waals surface area contributed by atoms with Crippen LogP contribution in [0.25, 0.3) is 50.7 Å². The minimum atomic E-state index is -4.31. The fourth-order valence-electron chi connectivity index (χ4n) is 14.0. The van der Waals surface area contributed by atoms with Crippen molar-refractivity contribution in [2.45, 2.75) is 320 Å². The number of anilines is 1. The van der Waals surface area contributed by atoms with Crippen LogP contribution in [0.3, 0.4) is 0 Å². The minimum absolute atomic E-state index is 0.0683. The Hall–Kier alpha value is -11.3. The quantitative estimate of drug-likeness (QED) is 0.00980. The van der Waals surface area contributed by atoms with Gasteiger partial charge in [0.25, 0.3) is 5.91 Å². The number of nitrogens with zero attached hydrogens (tertiary/aromatic N) is 3. The third-order valence-corrected chi connectivity index (χ3v) is 24.2. The SMILES string of the molecule is CC(C)NC(=O)/C=C/c1ccc(Cl)cc1.CC(C)NC(=O)c1ccc(Oc2ccccc2)cc1.CC(C)NCc1ccc(-c2ccc(Cl)cc2)cc1.CC(C)NCc1ccc(-c2ccccc2)cc1.CC(C)NS(=O)(=O)c1ccc(-c2ccccc2)cc1.CC(C)Oc1ccccc1N.CC(C)n1cc(-c2ccc(C(F)(F)F)cc2)nn1.CCCCCCCCCCNC(C)C.CCCCCCCCCCNCCNC(C)C. The number of aromatic nitrogens is 3. The van der Waals surface area contributed by atoms with E-state index in [1.165, 1.54) is 167 Å². The molecule has 0 saturated carbocycles. The number of unbranched alkanes of at least 4 members (excludes halogenated alkanes) is 14. The van der Waals surface area contributed by atoms with Gasteiger partial charge in [-0.05, 0) is 248 Å². The van der Waals surface area contributed by atoms with E-state index in [0.717, 1.165) is 71.5 Å². The molecule has 0 aliphatic heterocycles. The predicted octanol–water partition coefficient (Wildman–Crippen LogP) is 31.3. The summed E-state index contributed by atoms with van der Waals surface area (Å²) in [6.07, 6.45) is 23.4. The second kappa shape index (κ2) is 75.4. The van der Waals surface area contributed by atoms with Gasteiger partial charge in [0.1, 0.15) is 22.9 Å². The zero-order valence-corrected chi connectivity index (χ0v) is 94.1. The average Bonchev–Trinajstić information content (AvgIpc) is 1.67. The zero-order chi connectivity index (χ0) is 109. The van der Waals surface area contributed by atoms with Crippen LogP contribution in [-0.4, -0.2) is 110 Å². The number of carbonyl (C=O) groups is 2. The lowest BCUT2D eigenvalue weighted by atomic mass is 10.0. The van der Waals surface area contributed by atoms with Crippen molar-refractivity contribution in [1.29, 1.82) is 0 Å². The molecule has 0 bridgehead atoms. The van der Waals surface area contributed by atoms with Crippen LogP contribution in [0.1, 0.15) is 280 Å². The summed E-state index contributed by atoms with van der Waals surface area (Å²) in [5, 5.41) is 32.1. The van der Waals surface area contributed by atoms with Crippen molar-refractivity contribution >= 4 is 56.8 Å². The van der Waals surface area contributed by atoms with E-state index < -0.39 is 21.8 Å². The number of amides is 2. The number of hydrogen-bond donors (Lipinski definition) is 9. The number of hydrogen-bond acceptors (Lipinski definition) is 14. The van der Waals surface area contributed by atoms with Crippen LogP contribution >= 0.6 is 23.2 Å². The van der Waals surface area contributed by atoms with Crippen LogP contribution in [0.2, 0.25) is 10.0 Å². The second-order valence-corrected chi connectivity index (χ2v) is 41.6. The highest BCUT2D eigenvalue weighted by Gasteiger charge is 2.30. The summed E-state index contributed by atoms with van der Waals surface area (Å²) < 4.78 is 76.5. The standard InChI is InChI=1S/C16H18ClN.C16H17NO2.C16H19N.C15H34N2.C15H17NO2S.C13H29N.C12H14ClNO.C12H12F3N3.C9H13NO/c1-12(2)18-11-13-3-5-14(6-4-13)15-7-9-16(17)10-8-15;1-12(2)17-16(18)13-8-10-15(11-9-13)19-14-6-4-3-5-7-14;1-13(2)17-12-14-8-10-16(11-9-14)15-6-4-3-5-7-15;1-4-5-6-7-8-9-10-11-12-16-13-14-17-15(2)3;1-12(2)16-19(17,18)15-10-8-14(9-11-15)13-6-4-3-5-7-13;1-4-5-6-7-8-9-10-11-12-14-13(2)3;1-9(2)14-12(15)8-5-10-3-6-11(13)7-4-10;1-8(2)18-7-11(16-17-18)9-3-5-10(6-4-9)12(13,14)15;1-7(2)11-9-6-4-3-5-8(9)10/h3-10,12,18H,11H2,1-2H3;3-12H,1-2H3,(H,17,18);3-11,13,17H,12H2,1-2H3;15-17H,4-14H2,1-3H3;3-12,16H,1-2H3;13-14H,4-12H2,1-3H3;3-9H,1-2H3,(H,14,15);3-8H,1-2H3;3-7H,10H2,1-2H3/b;;;;;;8-5+;;. The molecule has 148 heavy (non-hydrogen) atoms. The molecule has 0 atom stereocenters. The van der Waals surface area contributed by atoms with Crippen molar-refractivity contribution in [2.24, 2.45) is 0 Å². The lowest BCUT2D eigenvalue weighted by Crippen LogP contribution is -2.31. The predicted molar refractivity (Wildman–Crippen MR) is 621 cm³/mol. The Kier molecular flexibility index (Phi) is 65.7. The van der Waals surface area contributed by atoms with Crippen LogP contribution in [0, 0.1) is 0 Å². The van der Waals surface area contributed by atoms with Crippen LogP contribution in [0.15, 0.2) is 302 Å². The summed E-state index contributed by atoms with van der Waals surface area (Å²) in [5.74, 6) is 2.11. The van der Waals surface area contributed by atoms with E-state index in [-0.39, 0.29) is 42.1 Å². The molecule has 24 heteroatoms. The van der Waals surface area contributed by atoms with E-state index in [9.17, 15) is 31.2 Å². The first-order chi connectivity index (χ1) is 70.7. The third kappa shape index (κ3) is 60.4. The van der Waals surface area contributed by atoms with Crippen LogP contribution in [0.4, 0.5) is 18.9 Å². The molecule has 0 aliphatic carbocycles. The zero-order valence-electron chi connectivity index (χ0n) is 91.8. The maximum atomic E-state index is 12.4. The van der Waals surface area contributed by atoms with Crippen molar-refractivity contribution in [3.63, 3.8) is 0 Å². The van der Waals surface area contributed by atoms with Crippen molar-refractivity contribution in [3.8, 4) is 61.9 Å². The summed E-state index contributed by atoms with van der Waals surface area (Å²) >= 11 is 11.6. The smallest absolute Gasteiger partial charge is 0.416 e. The average molecular weight is 2090 g/mol. The normalized spacial score (nSPS) is 11.1. The van der Waals surface area contributed by atoms with Crippen LogP contribution in [0.5, 0.6) is 17.2 Å². The van der Waals surface area contributed by atoms with Gasteiger partial charge in [-0.15, -0.1) is 5.10 Å². The molecule has 10 N–H and O–H groups in total. The molecule has 18 nitrogen and oxygen atoms in total. The fourth-order valence-corrected chi connectivity index (χ4v) is 15.5. The van der Waals surface area contributed by atoms with Gasteiger partial charge < -0.3 is 52.4 Å². The maximum Gasteiger partial charge on any atom is 0.416 e. The van der Waals surface area contributed by atoms with Gasteiger partial charge in [-0.1, -0.05) is 376 Å². The van der Waals surface area contributed by atoms with E-state index in [4.69, 9.17) is 38.4 Å². The molecule has 0 unspecified atom stereocenters. The molecule has 0 fully saturated rings. The van der Waals surface area contributed by atoms with Gasteiger partial charge in [0.2, 0.25) is 15.9 Å². The number of carbonyl (C=O) groups excluding carboxylic acids is 2. The second-order valence-electron chi connectivity index (χ2n) is 39.0. The van der Waals surface area contributed by atoms with Gasteiger partial charge >= 0.3 is 6.18 Å². The summed E-state index contributed by atoms with van der Waals surface area (Å²) in [5.41, 5.74) is 18.1. The molecule has 2 amide bonds. The largest absolute Gasteiger partial charge is 0.489 e. The van der Waals surface area contributed by atoms with Crippen LogP contribution in [-0.2, 0) is 34.1 Å². The van der Waals surface area contributed by atoms with Crippen molar-refractivity contribution in [2.75, 3.05) is 31.9 Å². The highest BCUT2D eigenvalue weighted by Crippen LogP contribution is 2.32. The monoisotopic (exact) mass is 2090 g/mol. The molecule has 12 aromatic rings. The number of ether oxygens (including phenoxy) is 2. The van der Waals surface area contributed by atoms with Gasteiger partial charge in [-0.3, -0.25) is 9.59 Å². The molecular formula is C124H173Cl2F3N12O6S. The number of nitrogen functional groups attached to an aromatic ring is 1. The van der Waals surface area contributed by atoms with E-state index in [0.29, 0.717) is 62.3 Å². The molecule has 1 heterocycles. The Morgan fingerprint density at radius 2 is 0.797 bits per heavy atom. The summed E-state index contributed by atoms with van der Waals surface area (Å²) in [6.45, 7) is 47.6. The number of sulfonamides is 1. The van der Waals surface area contributed by atoms with Gasteiger partial charge in [-0.25, -0.2) is 17.8 Å². The lowest BCUT2D eigenvalue weighted by Gasteiger charge is -2.10. The minimum Gasteiger partial charge on any atom is -0.489 e. The Balaban J connectivity index is 0.000000348. The number of benzene rings is 11. The summed E-state index contributed by atoms with van der Waals surface area (Å²) in [6, 6.07) is 91.6. The molecule has 11 aromatic carbocycles. The Labute approximate surface area is 897 Å². The molecule has 0 spiro atoms. The third-order valence-electron chi connectivity index (χ3n) is 22.0. The Morgan fingerprint density at radius 1 is 0.405 bits per heavy atom. The van der Waals surface area contributed by atoms with Gasteiger partial charge in [0.15, 0.2) is 0 Å². The van der Waals surface area contributed by atoms with E-state index in [1.54, 1.807) is 79.3 Å². The molecule has 0 aliphatic rings. The maximum absolute atomic E-state index is 12.4. The molecule has 806 valence electrons. The first kappa shape index (κ1) is 129. The molecular weight excluding hydrogens is 1910 g/mol. The van der Waals surface area contributed by atoms with E-state index in [2.05, 4.69) is 194 Å². The Morgan fingerprint density at radius 3 is 1.22 bits per heavy atom. The number of nitrogens with two attached hydrogens (primary N) is 1. The number of alkyl halides is 3. The lowest BCUT2D eigenvalue weighted by molar-refractivity contribution is -0.137. The molecule has 0 saturated heterocycles. The van der Waals surface area contributed by atoms with Gasteiger partial charge in [0.05, 0.1) is 28.4 Å². The number of para-hydroxylation sites is 3. The number of nitrogens with one attached hydrogen (secondary N) is 8. The van der Waals surface area contributed by atoms with Gasteiger partial charge in [0, 0.05) is 102 Å². The van der Waals surface area contributed by atoms with Crippen molar-refractivity contribution < 1.29 is 40.7 Å². The first-order valence-electron chi connectivity index (χ1n) is 53.0. The highest BCUT2D eigenvalue weighted by molar-refractivity contribution is 7.89. The molecule has 12 rings (SSSR count). The van der Waals surface area contributed by atoms with Crippen LogP contribution < -0.4 is 57.1 Å². The fraction of sp³-hybridized carbons (Fsp3) is 0.419. The Bertz CT molecular complexity index is 5570. The van der Waals surface area contributed by atoms with E-state index >= 15 is 0 Å². The van der Waals surface area contributed by atoms with Crippen molar-refractivity contribution in [3.05, 3.63) is 335 Å². The van der Waals surface area contributed by atoms with E-state index in [1.807, 2.05) is 195 Å². The summed E-state index contributed by atoms with van der Waals surface area (Å²) in [4.78, 5) is 23.3. The molecule has 1 aromatic heterocycles. The van der Waals surface area contributed by atoms with Gasteiger partial charge in [-0.2, -0.15) is 13.2 Å². The number of rotatable bonds is 46.